The quantitative estimate of drug-likeness (QED) is 0.0150. The fourth-order valence-electron chi connectivity index (χ4n) is 15.3. The van der Waals surface area contributed by atoms with Gasteiger partial charge in [0.15, 0.2) is 5.52 Å². The number of carbonyl (C=O) groups is 7. The minimum absolute atomic E-state index is 0.0208. The Morgan fingerprint density at radius 1 is 0.723 bits per heavy atom. The molecule has 6 amide bonds. The van der Waals surface area contributed by atoms with E-state index in [9.17, 15) is 58.9 Å². The number of nitrogens with zero attached hydrogens (tertiary/aromatic N) is 10. The average molecular weight is 1870 g/mol. The minimum Gasteiger partial charge on any atom is -0.494 e. The normalized spacial score (nSPS) is 16.6. The van der Waals surface area contributed by atoms with E-state index in [-0.39, 0.29) is 88.3 Å². The number of nitrogens with one attached hydrogen (secondary N) is 4. The van der Waals surface area contributed by atoms with Crippen molar-refractivity contribution in [3.8, 4) is 22.6 Å². The van der Waals surface area contributed by atoms with Crippen LogP contribution in [0, 0.1) is 40.0 Å². The number of anilines is 5. The number of thiocarbonyl (C=S) groups is 1. The summed E-state index contributed by atoms with van der Waals surface area (Å²) in [7, 11) is 0. The smallest absolute Gasteiger partial charge is 0.306 e. The number of nitro groups is 2. The van der Waals surface area contributed by atoms with E-state index in [0.717, 1.165) is 114 Å². The molecule has 30 nitrogen and oxygen atoms in total. The molecule has 0 saturated carbocycles. The number of benzene rings is 10. The van der Waals surface area contributed by atoms with Gasteiger partial charge in [0.1, 0.15) is 26.8 Å². The van der Waals surface area contributed by atoms with Crippen molar-refractivity contribution in [2.45, 2.75) is 103 Å². The van der Waals surface area contributed by atoms with Crippen LogP contribution in [-0.4, -0.2) is 150 Å². The van der Waals surface area contributed by atoms with Crippen LogP contribution in [-0.2, 0) is 43.4 Å². The summed E-state index contributed by atoms with van der Waals surface area (Å²) in [6.45, 7) is 9.80. The number of aliphatic carboxylic acids is 1. The highest BCUT2D eigenvalue weighted by molar-refractivity contribution is 8.24. The second-order valence-electron chi connectivity index (χ2n) is 30.7. The number of carbonyl (C=O) groups excluding carboxylic acids is 6. The number of non-ortho nitro benzene ring substituents is 2. The molecule has 0 bridgehead atoms. The van der Waals surface area contributed by atoms with Gasteiger partial charge in [-0.1, -0.05) is 205 Å². The van der Waals surface area contributed by atoms with Crippen molar-refractivity contribution in [1.82, 2.24) is 35.0 Å². The molecular formula is C94H86Cl2N14O16S4. The first kappa shape index (κ1) is 92.8. The summed E-state index contributed by atoms with van der Waals surface area (Å²) in [6.07, 6.45) is 3.38. The Labute approximate surface area is 773 Å². The van der Waals surface area contributed by atoms with E-state index in [1.807, 2.05) is 151 Å². The number of aromatic nitrogens is 4. The third kappa shape index (κ3) is 22.7. The number of hydrogen-bond acceptors (Lipinski definition) is 26. The van der Waals surface area contributed by atoms with E-state index in [2.05, 4.69) is 73.0 Å². The highest BCUT2D eigenvalue weighted by atomic mass is 35.5. The number of carboxylic acid groups (broad SMARTS) is 1. The van der Waals surface area contributed by atoms with E-state index < -0.39 is 33.9 Å². The van der Waals surface area contributed by atoms with Gasteiger partial charge in [-0.15, -0.1) is 0 Å². The van der Waals surface area contributed by atoms with Gasteiger partial charge in [0, 0.05) is 79.0 Å². The number of amides is 6. The minimum atomic E-state index is -0.883. The Bertz CT molecular complexity index is 6380. The van der Waals surface area contributed by atoms with Crippen LogP contribution < -0.4 is 35.7 Å². The standard InChI is InChI=1S/C27H23N5O4S.C19H24N2O5.C18H14Cl2N2O3S.C18H12N4O3.C12H13NOS2/c1-16-11-12-23-21(13-16)22(15-24(36-23)18-7-4-3-5-8-18)30-31-27-28-17(2)25(37-27)26(33)29-19-9-6-10-20(14-19)32(34)35;1-2-11-26-15-5-3-14(4-6-15)21-17(22)12-16(18(21)23)20-9-7-13(8-10-20)19(24)25;19-10-1-3-15-13(5-10)14-6-11(20)2-4-16(14)21(15)7-12(23)8-22-17(24)9-26-18(22)25;23-22(24)16-11-10-15(17-18(16)21-25-20-17)19-14-9-5-4-8-13(14)12-6-2-1-3-7-12;1-2-8-3-5-9(6-4-8)7-10-11(14)13-12(15)16-10/h3-14,24H,15H2,1-2H3,(H,28,31)(H,29,33);3-6,13,16H,2,7-12H2,1H3,(H,24,25);1-6,12,23H,7-9H2;1-11,19H;3-6,10H,2,7H2,1H3,(H,13,14,15)/b30-22-;;;;. The van der Waals surface area contributed by atoms with Crippen molar-refractivity contribution in [1.29, 1.82) is 0 Å². The zero-order valence-corrected chi connectivity index (χ0v) is 75.2. The topological polar surface area (TPSA) is 392 Å². The molecule has 5 aliphatic rings. The van der Waals surface area contributed by atoms with E-state index in [1.54, 1.807) is 55.5 Å². The molecule has 3 aromatic heterocycles. The predicted octanol–water partition coefficient (Wildman–Crippen LogP) is 19.2. The highest BCUT2D eigenvalue weighted by Crippen LogP contribution is 2.40. The molecule has 0 spiro atoms. The first-order valence-corrected chi connectivity index (χ1v) is 45.3. The molecule has 4 unspecified atom stereocenters. The number of para-hydroxylation sites is 1. The molecule has 4 fully saturated rings. The molecule has 10 aromatic carbocycles. The third-order valence-electron chi connectivity index (χ3n) is 21.8. The maximum absolute atomic E-state index is 12.8. The highest BCUT2D eigenvalue weighted by Gasteiger charge is 2.44. The zero-order chi connectivity index (χ0) is 91.8. The Kier molecular flexibility index (Phi) is 30.5. The van der Waals surface area contributed by atoms with Crippen molar-refractivity contribution in [3.63, 3.8) is 0 Å². The largest absolute Gasteiger partial charge is 0.494 e. The molecule has 0 aliphatic carbocycles. The number of hydrogen-bond donors (Lipinski definition) is 6. The summed E-state index contributed by atoms with van der Waals surface area (Å²) in [6, 6.07) is 68.5. The lowest BCUT2D eigenvalue weighted by Crippen LogP contribution is -2.46. The molecule has 0 radical (unpaired) electrons. The number of carboxylic acids is 1. The number of hydrazone groups is 1. The lowest BCUT2D eigenvalue weighted by atomic mass is 9.94. The Morgan fingerprint density at radius 2 is 1.40 bits per heavy atom. The lowest BCUT2D eigenvalue weighted by Gasteiger charge is -2.33. The van der Waals surface area contributed by atoms with Crippen LogP contribution >= 0.6 is 70.3 Å². The van der Waals surface area contributed by atoms with Crippen LogP contribution in [0.1, 0.15) is 95.2 Å². The van der Waals surface area contributed by atoms with E-state index in [1.165, 1.54) is 52.1 Å². The number of piperidine rings is 1. The van der Waals surface area contributed by atoms with E-state index >= 15 is 0 Å². The van der Waals surface area contributed by atoms with Crippen LogP contribution in [0.5, 0.6) is 11.5 Å². The fourth-order valence-corrected chi connectivity index (χ4v) is 18.4. The maximum atomic E-state index is 12.8. The number of aliphatic hydroxyl groups is 1. The van der Waals surface area contributed by atoms with Gasteiger partial charge in [-0.2, -0.15) is 5.10 Å². The number of aliphatic hydroxyl groups excluding tert-OH is 1. The molecule has 6 N–H and O–H groups in total. The summed E-state index contributed by atoms with van der Waals surface area (Å²) in [5, 5.41) is 65.7. The molecule has 5 aliphatic heterocycles. The van der Waals surface area contributed by atoms with Gasteiger partial charge in [-0.3, -0.25) is 69.0 Å². The number of aryl methyl sites for hydroxylation is 3. The lowest BCUT2D eigenvalue weighted by molar-refractivity contribution is -0.384. The zero-order valence-electron chi connectivity index (χ0n) is 70.4. The van der Waals surface area contributed by atoms with Crippen molar-refractivity contribution in [2.24, 2.45) is 11.0 Å². The van der Waals surface area contributed by atoms with Gasteiger partial charge in [0.2, 0.25) is 28.4 Å². The number of likely N-dealkylation sites (tertiary alicyclic amines) is 1. The summed E-state index contributed by atoms with van der Waals surface area (Å²) >= 11 is 20.8. The summed E-state index contributed by atoms with van der Waals surface area (Å²) in [4.78, 5) is 114. The molecule has 666 valence electrons. The number of β-amino-alcohol motifs (C(OH)–C–C–N with tert-alkyl or cyclic N) is 1. The van der Waals surface area contributed by atoms with Crippen molar-refractivity contribution in [2.75, 3.05) is 53.0 Å². The second-order valence-corrected chi connectivity index (χ2v) is 35.3. The number of ether oxygens (including phenoxy) is 2. The first-order valence-electron chi connectivity index (χ1n) is 41.4. The molecule has 13 aromatic rings. The number of halogens is 2. The second kappa shape index (κ2) is 42.7. The van der Waals surface area contributed by atoms with E-state index in [0.29, 0.717) is 97.4 Å². The number of nitro benzene ring substituents is 2. The van der Waals surface area contributed by atoms with Gasteiger partial charge in [0.25, 0.3) is 22.7 Å². The van der Waals surface area contributed by atoms with E-state index in [4.69, 9.17) is 54.6 Å². The molecular weight excluding hydrogens is 1780 g/mol. The van der Waals surface area contributed by atoms with Gasteiger partial charge in [-0.05, 0) is 183 Å². The van der Waals surface area contributed by atoms with Crippen LogP contribution in [0.3, 0.4) is 0 Å². The average Bonchev–Trinajstić information content (AvgIpc) is 1.61. The predicted molar refractivity (Wildman–Crippen MR) is 509 cm³/mol. The Balaban J connectivity index is 0.000000134. The van der Waals surface area contributed by atoms with Crippen molar-refractivity contribution >= 4 is 193 Å². The van der Waals surface area contributed by atoms with Crippen LogP contribution in [0.2, 0.25) is 10.0 Å². The number of thiazole rings is 1. The number of imide groups is 2. The molecule has 4 atom stereocenters. The molecule has 8 heterocycles. The molecule has 36 heteroatoms. The maximum Gasteiger partial charge on any atom is 0.306 e. The monoisotopic (exact) mass is 1860 g/mol. The Hall–Kier alpha value is -13.3. The van der Waals surface area contributed by atoms with Gasteiger partial charge in [0.05, 0.1) is 87.8 Å². The third-order valence-corrected chi connectivity index (χ3v) is 25.5. The molecule has 4 saturated heterocycles. The van der Waals surface area contributed by atoms with Crippen LogP contribution in [0.15, 0.2) is 234 Å². The van der Waals surface area contributed by atoms with Crippen LogP contribution in [0.25, 0.3) is 44.0 Å². The van der Waals surface area contributed by atoms with Gasteiger partial charge in [-0.25, -0.2) is 14.5 Å². The van der Waals surface area contributed by atoms with Gasteiger partial charge < -0.3 is 40.2 Å². The first-order chi connectivity index (χ1) is 62.7. The SMILES string of the molecule is CCCOc1ccc(N2C(=O)CC(N3CCC(C(=O)O)CC3)C2=O)cc1.CCc1ccc(CC2SC(=S)NC2=O)cc1.Cc1ccc2c(c1)/C(=N\Nc1nc(C)c(C(=O)Nc3cccc([N+](=O)[O-])c3)s1)CC(c1ccccc1)O2.O=C1CSC(=O)N1CC(O)Cn1c2ccc(Cl)cc2c2cc(Cl)ccc21.O=[N+]([O-])c1ccc(Nc2ccccc2-c2ccccc2)c2nonc12. The fraction of sp³-hybridized carbons (Fsp3) is 0.234. The molecule has 18 rings (SSSR count). The van der Waals surface area contributed by atoms with Crippen LogP contribution in [0.4, 0.5) is 44.1 Å². The Morgan fingerprint density at radius 3 is 2.05 bits per heavy atom. The molecule has 130 heavy (non-hydrogen) atoms. The number of rotatable bonds is 23. The summed E-state index contributed by atoms with van der Waals surface area (Å²) in [5.41, 5.74) is 16.3. The van der Waals surface area contributed by atoms with Crippen molar-refractivity contribution < 1.29 is 67.7 Å². The van der Waals surface area contributed by atoms with Crippen molar-refractivity contribution in [3.05, 3.63) is 293 Å². The summed E-state index contributed by atoms with van der Waals surface area (Å²) in [5.74, 6) is -0.607. The number of fused-ring (bicyclic) bond motifs is 5. The summed E-state index contributed by atoms with van der Waals surface area (Å²) < 4.78 is 19.1. The van der Waals surface area contributed by atoms with Gasteiger partial charge >= 0.3 is 11.7 Å². The number of thioether (sulfide) groups is 2.